The number of aromatic nitrogens is 1. The van der Waals surface area contributed by atoms with Gasteiger partial charge in [0.1, 0.15) is 0 Å². The number of nitrogens with one attached hydrogen (secondary N) is 1. The van der Waals surface area contributed by atoms with Crippen LogP contribution in [0.2, 0.25) is 0 Å². The maximum absolute atomic E-state index is 12.4. The average Bonchev–Trinajstić information content (AvgIpc) is 3.10. The zero-order chi connectivity index (χ0) is 18.7. The molecule has 3 aromatic rings. The zero-order valence-electron chi connectivity index (χ0n) is 14.4. The van der Waals surface area contributed by atoms with Crippen LogP contribution < -0.4 is 5.32 Å². The Morgan fingerprint density at radius 1 is 1.23 bits per heavy atom. The predicted octanol–water partition coefficient (Wildman–Crippen LogP) is 4.84. The van der Waals surface area contributed by atoms with Gasteiger partial charge in [0.25, 0.3) is 11.6 Å². The number of aryl methyl sites for hydroxylation is 2. The third-order valence-corrected chi connectivity index (χ3v) is 4.81. The number of anilines is 1. The molecule has 6 nitrogen and oxygen atoms in total. The van der Waals surface area contributed by atoms with E-state index in [1.54, 1.807) is 19.1 Å². The van der Waals surface area contributed by atoms with Crippen LogP contribution >= 0.6 is 11.3 Å². The molecular formula is C19H17N3O3S. The van der Waals surface area contributed by atoms with Crippen molar-refractivity contribution in [1.82, 2.24) is 4.98 Å². The van der Waals surface area contributed by atoms with Gasteiger partial charge in [0, 0.05) is 28.1 Å². The van der Waals surface area contributed by atoms with Crippen molar-refractivity contribution in [1.29, 1.82) is 0 Å². The number of nitro groups is 1. The summed E-state index contributed by atoms with van der Waals surface area (Å²) in [6.45, 7) is 3.73. The normalized spacial score (nSPS) is 10.5. The molecule has 1 N–H and O–H groups in total. The van der Waals surface area contributed by atoms with E-state index < -0.39 is 10.8 Å². The Morgan fingerprint density at radius 2 is 1.96 bits per heavy atom. The lowest BCUT2D eigenvalue weighted by Crippen LogP contribution is -2.12. The summed E-state index contributed by atoms with van der Waals surface area (Å²) in [5.74, 6) is -0.421. The molecule has 0 radical (unpaired) electrons. The van der Waals surface area contributed by atoms with Crippen LogP contribution in [-0.4, -0.2) is 15.8 Å². The Balaban J connectivity index is 1.77. The first-order chi connectivity index (χ1) is 12.5. The number of hydrogen-bond donors (Lipinski definition) is 1. The van der Waals surface area contributed by atoms with E-state index in [-0.39, 0.29) is 11.3 Å². The van der Waals surface area contributed by atoms with Crippen molar-refractivity contribution in [3.63, 3.8) is 0 Å². The Hall–Kier alpha value is -3.06. The Kier molecular flexibility index (Phi) is 5.09. The lowest BCUT2D eigenvalue weighted by molar-refractivity contribution is -0.385. The Bertz CT molecular complexity index is 964. The van der Waals surface area contributed by atoms with Crippen LogP contribution in [0.4, 0.5) is 10.8 Å². The van der Waals surface area contributed by atoms with Gasteiger partial charge in [-0.15, -0.1) is 11.3 Å². The summed E-state index contributed by atoms with van der Waals surface area (Å²) < 4.78 is 0. The second-order valence-electron chi connectivity index (χ2n) is 5.80. The lowest BCUT2D eigenvalue weighted by atomic mass is 10.1. The van der Waals surface area contributed by atoms with E-state index in [9.17, 15) is 14.9 Å². The van der Waals surface area contributed by atoms with Gasteiger partial charge in [-0.2, -0.15) is 0 Å². The number of hydrogen-bond acceptors (Lipinski definition) is 5. The van der Waals surface area contributed by atoms with Gasteiger partial charge in [0.05, 0.1) is 10.6 Å². The van der Waals surface area contributed by atoms with E-state index in [4.69, 9.17) is 0 Å². The van der Waals surface area contributed by atoms with Crippen LogP contribution in [-0.2, 0) is 6.42 Å². The quantitative estimate of drug-likeness (QED) is 0.516. The molecule has 1 aromatic heterocycles. The van der Waals surface area contributed by atoms with E-state index in [0.717, 1.165) is 17.7 Å². The molecule has 3 rings (SSSR count). The third kappa shape index (κ3) is 3.78. The summed E-state index contributed by atoms with van der Waals surface area (Å²) >= 11 is 1.31. The fourth-order valence-electron chi connectivity index (χ4n) is 2.49. The van der Waals surface area contributed by atoms with E-state index in [1.165, 1.54) is 23.0 Å². The third-order valence-electron chi connectivity index (χ3n) is 4.05. The molecule has 0 aliphatic carbocycles. The van der Waals surface area contributed by atoms with Gasteiger partial charge in [-0.05, 0) is 25.0 Å². The molecule has 0 spiro atoms. The highest BCUT2D eigenvalue weighted by Gasteiger charge is 2.16. The summed E-state index contributed by atoms with van der Waals surface area (Å²) in [5, 5.41) is 16.0. The van der Waals surface area contributed by atoms with Crippen molar-refractivity contribution in [3.05, 3.63) is 74.6 Å². The number of carbonyl (C=O) groups excluding carboxylic acids is 1. The molecule has 0 saturated heterocycles. The van der Waals surface area contributed by atoms with Crippen LogP contribution in [0, 0.1) is 17.0 Å². The predicted molar refractivity (Wildman–Crippen MR) is 103 cm³/mol. The summed E-state index contributed by atoms with van der Waals surface area (Å²) in [6.07, 6.45) is 0.974. The fraction of sp³-hybridized carbons (Fsp3) is 0.158. The highest BCUT2D eigenvalue weighted by Crippen LogP contribution is 2.26. The first-order valence-electron chi connectivity index (χ1n) is 8.09. The topological polar surface area (TPSA) is 85.1 Å². The molecule has 0 aliphatic rings. The second kappa shape index (κ2) is 7.45. The van der Waals surface area contributed by atoms with Gasteiger partial charge in [-0.25, -0.2) is 4.98 Å². The monoisotopic (exact) mass is 367 g/mol. The van der Waals surface area contributed by atoms with Crippen molar-refractivity contribution < 1.29 is 9.72 Å². The van der Waals surface area contributed by atoms with Crippen molar-refractivity contribution in [2.45, 2.75) is 20.3 Å². The molecule has 0 bridgehead atoms. The number of carbonyl (C=O) groups is 1. The minimum atomic E-state index is -0.492. The molecule has 2 aromatic carbocycles. The van der Waals surface area contributed by atoms with Crippen LogP contribution in [0.5, 0.6) is 0 Å². The molecular weight excluding hydrogens is 350 g/mol. The van der Waals surface area contributed by atoms with Gasteiger partial charge in [-0.1, -0.05) is 37.3 Å². The minimum Gasteiger partial charge on any atom is -0.298 e. The second-order valence-corrected chi connectivity index (χ2v) is 6.66. The van der Waals surface area contributed by atoms with Crippen molar-refractivity contribution in [2.75, 3.05) is 5.32 Å². The first kappa shape index (κ1) is 17.8. The number of amides is 1. The minimum absolute atomic E-state index is 0.0755. The van der Waals surface area contributed by atoms with Crippen molar-refractivity contribution in [2.24, 2.45) is 0 Å². The summed E-state index contributed by atoms with van der Waals surface area (Å²) in [7, 11) is 0. The molecule has 0 aliphatic heterocycles. The van der Waals surface area contributed by atoms with Gasteiger partial charge < -0.3 is 0 Å². The Morgan fingerprint density at radius 3 is 2.62 bits per heavy atom. The molecule has 0 unspecified atom stereocenters. The zero-order valence-corrected chi connectivity index (χ0v) is 15.2. The van der Waals surface area contributed by atoms with Gasteiger partial charge in [0.15, 0.2) is 5.13 Å². The summed E-state index contributed by atoms with van der Waals surface area (Å²) in [5.41, 5.74) is 3.67. The number of rotatable bonds is 5. The maximum Gasteiger partial charge on any atom is 0.273 e. The fourth-order valence-corrected chi connectivity index (χ4v) is 3.21. The molecule has 0 atom stereocenters. The summed E-state index contributed by atoms with van der Waals surface area (Å²) in [4.78, 5) is 27.3. The van der Waals surface area contributed by atoms with Crippen molar-refractivity contribution in [3.8, 4) is 11.3 Å². The van der Waals surface area contributed by atoms with Gasteiger partial charge in [-0.3, -0.25) is 20.2 Å². The number of thiazole rings is 1. The van der Waals surface area contributed by atoms with E-state index in [1.807, 2.05) is 17.5 Å². The first-order valence-corrected chi connectivity index (χ1v) is 8.97. The molecule has 0 saturated carbocycles. The smallest absolute Gasteiger partial charge is 0.273 e. The van der Waals surface area contributed by atoms with Crippen LogP contribution in [0.1, 0.15) is 28.4 Å². The van der Waals surface area contributed by atoms with Crippen molar-refractivity contribution >= 4 is 28.1 Å². The average molecular weight is 367 g/mol. The number of nitrogens with zero attached hydrogens (tertiary/aromatic N) is 2. The number of benzene rings is 2. The highest BCUT2D eigenvalue weighted by atomic mass is 32.1. The molecule has 26 heavy (non-hydrogen) atoms. The van der Waals surface area contributed by atoms with Crippen LogP contribution in [0.25, 0.3) is 11.3 Å². The standard InChI is InChI=1S/C19H17N3O3S/c1-3-13-5-8-14(9-6-13)16-11-26-19(20-16)21-18(23)15-7-4-12(2)17(10-15)22(24)25/h4-11H,3H2,1-2H3,(H,20,21,23). The largest absolute Gasteiger partial charge is 0.298 e. The molecule has 1 heterocycles. The summed E-state index contributed by atoms with van der Waals surface area (Å²) in [6, 6.07) is 12.5. The van der Waals surface area contributed by atoms with Gasteiger partial charge in [0.2, 0.25) is 0 Å². The Labute approximate surface area is 154 Å². The molecule has 1 amide bonds. The number of nitro benzene ring substituents is 1. The highest BCUT2D eigenvalue weighted by molar-refractivity contribution is 7.14. The van der Waals surface area contributed by atoms with Gasteiger partial charge >= 0.3 is 0 Å². The molecule has 132 valence electrons. The SMILES string of the molecule is CCc1ccc(-c2csc(NC(=O)c3ccc(C)c([N+](=O)[O-])c3)n2)cc1. The molecule has 7 heteroatoms. The maximum atomic E-state index is 12.4. The van der Waals surface area contributed by atoms with Crippen LogP contribution in [0.3, 0.4) is 0 Å². The molecule has 0 fully saturated rings. The van der Waals surface area contributed by atoms with E-state index >= 15 is 0 Å². The van der Waals surface area contributed by atoms with Crippen LogP contribution in [0.15, 0.2) is 47.8 Å². The lowest BCUT2D eigenvalue weighted by Gasteiger charge is -2.03. The van der Waals surface area contributed by atoms with E-state index in [0.29, 0.717) is 10.7 Å². The van der Waals surface area contributed by atoms with E-state index in [2.05, 4.69) is 29.4 Å².